The fourth-order valence-electron chi connectivity index (χ4n) is 1.67. The first kappa shape index (κ1) is 14.8. The average Bonchev–Trinajstić information content (AvgIpc) is 2.41. The smallest absolute Gasteiger partial charge is 0.339 e. The normalized spacial score (nSPS) is 10.2. The molecule has 2 aromatic rings. The number of nitrogens with one attached hydrogen (secondary N) is 1. The molecule has 0 aromatic heterocycles. The number of amides is 1. The van der Waals surface area contributed by atoms with E-state index in [1.165, 1.54) is 24.3 Å². The predicted molar refractivity (Wildman–Crippen MR) is 74.4 cm³/mol. The van der Waals surface area contributed by atoms with Gasteiger partial charge < -0.3 is 15.5 Å². The van der Waals surface area contributed by atoms with Gasteiger partial charge >= 0.3 is 5.97 Å². The predicted octanol–water partition coefficient (Wildman–Crippen LogP) is 3.14. The maximum Gasteiger partial charge on any atom is 0.339 e. The molecular weight excluding hydrogens is 301 g/mol. The Morgan fingerprint density at radius 2 is 1.86 bits per heavy atom. The number of benzene rings is 2. The summed E-state index contributed by atoms with van der Waals surface area (Å²) in [6.45, 7) is 0. The molecular formula is C14H9ClFNO4. The minimum Gasteiger partial charge on any atom is -0.507 e. The molecule has 0 heterocycles. The number of carboxylic acids is 1. The molecule has 0 aliphatic rings. The fraction of sp³-hybridized carbons (Fsp3) is 0. The maximum atomic E-state index is 13.7. The summed E-state index contributed by atoms with van der Waals surface area (Å²) in [5.74, 6) is -3.43. The first-order valence-electron chi connectivity index (χ1n) is 5.72. The molecule has 1 amide bonds. The summed E-state index contributed by atoms with van der Waals surface area (Å²) < 4.78 is 13.7. The van der Waals surface area contributed by atoms with Crippen LogP contribution in [-0.2, 0) is 0 Å². The number of halogens is 2. The van der Waals surface area contributed by atoms with Gasteiger partial charge in [0.2, 0.25) is 0 Å². The van der Waals surface area contributed by atoms with E-state index < -0.39 is 23.4 Å². The Morgan fingerprint density at radius 1 is 1.14 bits per heavy atom. The van der Waals surface area contributed by atoms with Crippen LogP contribution in [0.3, 0.4) is 0 Å². The van der Waals surface area contributed by atoms with Crippen molar-refractivity contribution in [1.82, 2.24) is 0 Å². The zero-order valence-electron chi connectivity index (χ0n) is 10.4. The lowest BCUT2D eigenvalue weighted by atomic mass is 10.1. The molecule has 21 heavy (non-hydrogen) atoms. The molecule has 7 heteroatoms. The molecule has 0 radical (unpaired) electrons. The molecule has 0 fully saturated rings. The second-order valence-corrected chi connectivity index (χ2v) is 4.50. The van der Waals surface area contributed by atoms with E-state index in [9.17, 15) is 19.1 Å². The van der Waals surface area contributed by atoms with Crippen molar-refractivity contribution >= 4 is 29.2 Å². The summed E-state index contributed by atoms with van der Waals surface area (Å²) in [6.07, 6.45) is 0. The van der Waals surface area contributed by atoms with E-state index in [0.717, 1.165) is 12.1 Å². The molecule has 2 rings (SSSR count). The van der Waals surface area contributed by atoms with Crippen LogP contribution in [0.4, 0.5) is 10.1 Å². The largest absolute Gasteiger partial charge is 0.507 e. The van der Waals surface area contributed by atoms with Gasteiger partial charge in [-0.05, 0) is 24.3 Å². The van der Waals surface area contributed by atoms with E-state index in [2.05, 4.69) is 5.32 Å². The molecule has 0 aliphatic heterocycles. The molecule has 0 saturated carbocycles. The first-order chi connectivity index (χ1) is 9.90. The van der Waals surface area contributed by atoms with Gasteiger partial charge in [-0.1, -0.05) is 17.7 Å². The third kappa shape index (κ3) is 3.11. The molecule has 5 nitrogen and oxygen atoms in total. The van der Waals surface area contributed by atoms with Crippen molar-refractivity contribution in [3.05, 3.63) is 58.4 Å². The number of anilines is 1. The van der Waals surface area contributed by atoms with Gasteiger partial charge in [-0.3, -0.25) is 4.79 Å². The van der Waals surface area contributed by atoms with Gasteiger partial charge in [0.15, 0.2) is 5.82 Å². The van der Waals surface area contributed by atoms with Crippen molar-refractivity contribution in [2.45, 2.75) is 0 Å². The lowest BCUT2D eigenvalue weighted by Crippen LogP contribution is -2.14. The second-order valence-electron chi connectivity index (χ2n) is 4.09. The average molecular weight is 310 g/mol. The highest BCUT2D eigenvalue weighted by Crippen LogP contribution is 2.23. The molecule has 2 aromatic carbocycles. The van der Waals surface area contributed by atoms with Crippen LogP contribution < -0.4 is 5.32 Å². The molecule has 0 unspecified atom stereocenters. The molecule has 3 N–H and O–H groups in total. The van der Waals surface area contributed by atoms with Crippen LogP contribution in [-0.4, -0.2) is 22.1 Å². The molecule has 0 aliphatic carbocycles. The maximum absolute atomic E-state index is 13.7. The lowest BCUT2D eigenvalue weighted by molar-refractivity contribution is 0.0693. The van der Waals surface area contributed by atoms with Crippen LogP contribution in [0.2, 0.25) is 5.02 Å². The number of carboxylic acid groups (broad SMARTS) is 1. The molecule has 0 spiro atoms. The number of rotatable bonds is 3. The second kappa shape index (κ2) is 5.80. The number of hydrogen-bond acceptors (Lipinski definition) is 3. The number of hydrogen-bond donors (Lipinski definition) is 3. The monoisotopic (exact) mass is 309 g/mol. The highest BCUT2D eigenvalue weighted by atomic mass is 35.5. The van der Waals surface area contributed by atoms with Crippen molar-refractivity contribution in [2.75, 3.05) is 5.32 Å². The molecule has 0 bridgehead atoms. The quantitative estimate of drug-likeness (QED) is 0.813. The molecule has 0 atom stereocenters. The highest BCUT2D eigenvalue weighted by Gasteiger charge is 2.15. The number of carbonyl (C=O) groups excluding carboxylic acids is 1. The number of phenols is 1. The van der Waals surface area contributed by atoms with E-state index in [-0.39, 0.29) is 21.8 Å². The van der Waals surface area contributed by atoms with E-state index in [1.807, 2.05) is 0 Å². The fourth-order valence-corrected chi connectivity index (χ4v) is 1.84. The van der Waals surface area contributed by atoms with Crippen molar-refractivity contribution in [2.24, 2.45) is 0 Å². The summed E-state index contributed by atoms with van der Waals surface area (Å²) >= 11 is 5.58. The van der Waals surface area contributed by atoms with Gasteiger partial charge in [0.25, 0.3) is 5.91 Å². The Balaban J connectivity index is 2.26. The Labute approximate surface area is 123 Å². The highest BCUT2D eigenvalue weighted by molar-refractivity contribution is 6.31. The van der Waals surface area contributed by atoms with Crippen molar-refractivity contribution < 1.29 is 24.2 Å². The van der Waals surface area contributed by atoms with Gasteiger partial charge in [-0.2, -0.15) is 0 Å². The van der Waals surface area contributed by atoms with Gasteiger partial charge in [-0.25, -0.2) is 9.18 Å². The van der Waals surface area contributed by atoms with E-state index in [0.29, 0.717) is 0 Å². The Bertz CT molecular complexity index is 733. The summed E-state index contributed by atoms with van der Waals surface area (Å²) in [7, 11) is 0. The minimum absolute atomic E-state index is 0.127. The van der Waals surface area contributed by atoms with E-state index in [4.69, 9.17) is 16.7 Å². The van der Waals surface area contributed by atoms with Crippen LogP contribution in [0.1, 0.15) is 20.7 Å². The lowest BCUT2D eigenvalue weighted by Gasteiger charge is -2.08. The zero-order valence-corrected chi connectivity index (χ0v) is 11.2. The van der Waals surface area contributed by atoms with Crippen LogP contribution in [0, 0.1) is 5.82 Å². The third-order valence-electron chi connectivity index (χ3n) is 2.68. The van der Waals surface area contributed by atoms with Crippen molar-refractivity contribution in [3.8, 4) is 5.75 Å². The third-order valence-corrected chi connectivity index (χ3v) is 2.97. The number of aromatic carboxylic acids is 1. The van der Waals surface area contributed by atoms with Gasteiger partial charge in [0.05, 0.1) is 10.6 Å². The van der Waals surface area contributed by atoms with Gasteiger partial charge in [-0.15, -0.1) is 0 Å². The van der Waals surface area contributed by atoms with Crippen molar-refractivity contribution in [1.29, 1.82) is 0 Å². The number of carbonyl (C=O) groups is 2. The standard InChI is InChI=1S/C14H9ClFNO4/c15-10-3-1-2-9(12(10)16)13(19)17-7-4-5-8(14(20)21)11(18)6-7/h1-6,18H,(H,17,19)(H,20,21). The summed E-state index contributed by atoms with van der Waals surface area (Å²) in [5, 5.41) is 20.4. The van der Waals surface area contributed by atoms with Crippen LogP contribution >= 0.6 is 11.6 Å². The zero-order chi connectivity index (χ0) is 15.6. The summed E-state index contributed by atoms with van der Waals surface area (Å²) in [4.78, 5) is 22.7. The first-order valence-corrected chi connectivity index (χ1v) is 6.09. The summed E-state index contributed by atoms with van der Waals surface area (Å²) in [5.41, 5.74) is -0.437. The van der Waals surface area contributed by atoms with Crippen molar-refractivity contribution in [3.63, 3.8) is 0 Å². The number of aromatic hydroxyl groups is 1. The molecule has 0 saturated heterocycles. The minimum atomic E-state index is -1.30. The summed E-state index contributed by atoms with van der Waals surface area (Å²) in [6, 6.07) is 7.45. The van der Waals surface area contributed by atoms with E-state index in [1.54, 1.807) is 0 Å². The van der Waals surface area contributed by atoms with Crippen LogP contribution in [0.5, 0.6) is 5.75 Å². The van der Waals surface area contributed by atoms with Gasteiger partial charge in [0.1, 0.15) is 11.3 Å². The van der Waals surface area contributed by atoms with Gasteiger partial charge in [0, 0.05) is 11.8 Å². The topological polar surface area (TPSA) is 86.6 Å². The Morgan fingerprint density at radius 3 is 2.48 bits per heavy atom. The SMILES string of the molecule is O=C(O)c1ccc(NC(=O)c2cccc(Cl)c2F)cc1O. The Hall–Kier alpha value is -2.60. The molecule has 108 valence electrons. The van der Waals surface area contributed by atoms with Crippen LogP contribution in [0.15, 0.2) is 36.4 Å². The Kier molecular flexibility index (Phi) is 4.09. The van der Waals surface area contributed by atoms with E-state index >= 15 is 0 Å². The van der Waals surface area contributed by atoms with Crippen LogP contribution in [0.25, 0.3) is 0 Å².